The minimum atomic E-state index is -0.113. The van der Waals surface area contributed by atoms with Crippen molar-refractivity contribution in [2.24, 2.45) is 0 Å². The molecule has 0 unspecified atom stereocenters. The molecule has 0 aliphatic carbocycles. The fraction of sp³-hybridized carbons (Fsp3) is 0.267. The lowest BCUT2D eigenvalue weighted by molar-refractivity contribution is 0.103. The Bertz CT molecular complexity index is 548. The Morgan fingerprint density at radius 3 is 2.53 bits per heavy atom. The molecule has 0 saturated carbocycles. The predicted molar refractivity (Wildman–Crippen MR) is 82.3 cm³/mol. The molecule has 0 aliphatic heterocycles. The minimum Gasteiger partial charge on any atom is -0.321 e. The maximum absolute atomic E-state index is 11.9. The predicted octanol–water partition coefficient (Wildman–Crippen LogP) is 5.00. The van der Waals surface area contributed by atoms with Crippen molar-refractivity contribution in [3.63, 3.8) is 0 Å². The van der Waals surface area contributed by atoms with E-state index in [4.69, 9.17) is 11.6 Å². The van der Waals surface area contributed by atoms with Crippen LogP contribution in [0.15, 0.2) is 36.4 Å². The monoisotopic (exact) mass is 293 g/mol. The number of amides is 1. The van der Waals surface area contributed by atoms with E-state index in [9.17, 15) is 4.79 Å². The Labute approximate surface area is 122 Å². The molecule has 1 amide bonds. The molecule has 0 fully saturated rings. The van der Waals surface area contributed by atoms with Crippen molar-refractivity contribution >= 4 is 34.5 Å². The van der Waals surface area contributed by atoms with Gasteiger partial charge in [-0.1, -0.05) is 37.1 Å². The average molecular weight is 294 g/mol. The molecule has 0 spiro atoms. The first-order valence-corrected chi connectivity index (χ1v) is 7.54. The SMILES string of the molecule is CCCCc1ccc(NC(=O)c2ccc(Cl)s2)cc1. The highest BCUT2D eigenvalue weighted by Gasteiger charge is 2.08. The van der Waals surface area contributed by atoms with E-state index in [2.05, 4.69) is 24.4 Å². The number of aryl methyl sites for hydroxylation is 1. The van der Waals surface area contributed by atoms with Gasteiger partial charge in [-0.3, -0.25) is 4.79 Å². The smallest absolute Gasteiger partial charge is 0.265 e. The second-order valence-electron chi connectivity index (χ2n) is 4.36. The van der Waals surface area contributed by atoms with Crippen molar-refractivity contribution in [1.29, 1.82) is 0 Å². The molecule has 19 heavy (non-hydrogen) atoms. The van der Waals surface area contributed by atoms with Crippen molar-refractivity contribution in [3.05, 3.63) is 51.2 Å². The molecule has 100 valence electrons. The van der Waals surface area contributed by atoms with Crippen molar-refractivity contribution < 1.29 is 4.79 Å². The standard InChI is InChI=1S/C15H16ClNOS/c1-2-3-4-11-5-7-12(8-6-11)17-15(18)13-9-10-14(16)19-13/h5-10H,2-4H2,1H3,(H,17,18). The maximum atomic E-state index is 11.9. The number of carbonyl (C=O) groups excluding carboxylic acids is 1. The van der Waals surface area contributed by atoms with Crippen LogP contribution in [0.1, 0.15) is 35.0 Å². The molecular formula is C15H16ClNOS. The van der Waals surface area contributed by atoms with Crippen LogP contribution in [0.2, 0.25) is 4.34 Å². The lowest BCUT2D eigenvalue weighted by atomic mass is 10.1. The van der Waals surface area contributed by atoms with E-state index in [1.807, 2.05) is 12.1 Å². The van der Waals surface area contributed by atoms with Gasteiger partial charge in [0.15, 0.2) is 0 Å². The van der Waals surface area contributed by atoms with Gasteiger partial charge in [-0.2, -0.15) is 0 Å². The molecule has 0 radical (unpaired) electrons. The highest BCUT2D eigenvalue weighted by Crippen LogP contribution is 2.22. The van der Waals surface area contributed by atoms with E-state index >= 15 is 0 Å². The molecule has 0 atom stereocenters. The number of hydrogen-bond acceptors (Lipinski definition) is 2. The van der Waals surface area contributed by atoms with Crippen LogP contribution in [0.4, 0.5) is 5.69 Å². The van der Waals surface area contributed by atoms with E-state index in [0.717, 1.165) is 12.1 Å². The van der Waals surface area contributed by atoms with Crippen LogP contribution in [-0.2, 0) is 6.42 Å². The van der Waals surface area contributed by atoms with Crippen LogP contribution in [0.3, 0.4) is 0 Å². The van der Waals surface area contributed by atoms with Crippen molar-refractivity contribution in [1.82, 2.24) is 0 Å². The van der Waals surface area contributed by atoms with Crippen molar-refractivity contribution in [2.75, 3.05) is 5.32 Å². The minimum absolute atomic E-state index is 0.113. The van der Waals surface area contributed by atoms with Gasteiger partial charge in [0.05, 0.1) is 9.21 Å². The molecule has 0 aliphatic rings. The molecule has 0 saturated heterocycles. The number of rotatable bonds is 5. The van der Waals surface area contributed by atoms with Gasteiger partial charge in [-0.15, -0.1) is 11.3 Å². The number of unbranched alkanes of at least 4 members (excludes halogenated alkanes) is 1. The highest BCUT2D eigenvalue weighted by molar-refractivity contribution is 7.18. The summed E-state index contributed by atoms with van der Waals surface area (Å²) in [6, 6.07) is 11.5. The molecule has 2 nitrogen and oxygen atoms in total. The Kier molecular flexibility index (Phi) is 5.00. The maximum Gasteiger partial charge on any atom is 0.265 e. The van der Waals surface area contributed by atoms with E-state index in [1.165, 1.54) is 29.7 Å². The van der Waals surface area contributed by atoms with Gasteiger partial charge in [0.1, 0.15) is 0 Å². The Balaban J connectivity index is 1.97. The third-order valence-electron chi connectivity index (χ3n) is 2.83. The molecule has 1 aromatic carbocycles. The molecule has 2 rings (SSSR count). The highest BCUT2D eigenvalue weighted by atomic mass is 35.5. The zero-order valence-corrected chi connectivity index (χ0v) is 12.4. The Hall–Kier alpha value is -1.32. The number of nitrogens with one attached hydrogen (secondary N) is 1. The summed E-state index contributed by atoms with van der Waals surface area (Å²) in [7, 11) is 0. The number of anilines is 1. The molecule has 0 bridgehead atoms. The van der Waals surface area contributed by atoms with Crippen LogP contribution in [0.5, 0.6) is 0 Å². The van der Waals surface area contributed by atoms with Crippen LogP contribution < -0.4 is 5.32 Å². The van der Waals surface area contributed by atoms with Crippen LogP contribution >= 0.6 is 22.9 Å². The van der Waals surface area contributed by atoms with Gasteiger partial charge in [-0.25, -0.2) is 0 Å². The normalized spacial score (nSPS) is 10.4. The number of halogens is 1. The lowest BCUT2D eigenvalue weighted by Crippen LogP contribution is -2.09. The summed E-state index contributed by atoms with van der Waals surface area (Å²) in [5, 5.41) is 2.87. The van der Waals surface area contributed by atoms with E-state index < -0.39 is 0 Å². The molecule has 1 heterocycles. The number of benzene rings is 1. The zero-order chi connectivity index (χ0) is 13.7. The molecular weight excluding hydrogens is 278 g/mol. The summed E-state index contributed by atoms with van der Waals surface area (Å²) in [5.41, 5.74) is 2.12. The largest absolute Gasteiger partial charge is 0.321 e. The summed E-state index contributed by atoms with van der Waals surface area (Å²) >= 11 is 7.10. The van der Waals surface area contributed by atoms with E-state index in [0.29, 0.717) is 9.21 Å². The fourth-order valence-corrected chi connectivity index (χ4v) is 2.70. The number of carbonyl (C=O) groups is 1. The zero-order valence-electron chi connectivity index (χ0n) is 10.8. The van der Waals surface area contributed by atoms with Gasteiger partial charge < -0.3 is 5.32 Å². The van der Waals surface area contributed by atoms with Crippen LogP contribution in [-0.4, -0.2) is 5.91 Å². The van der Waals surface area contributed by atoms with Crippen LogP contribution in [0, 0.1) is 0 Å². The number of hydrogen-bond donors (Lipinski definition) is 1. The summed E-state index contributed by atoms with van der Waals surface area (Å²) in [4.78, 5) is 12.6. The fourth-order valence-electron chi connectivity index (χ4n) is 1.76. The first-order chi connectivity index (χ1) is 9.19. The second-order valence-corrected chi connectivity index (χ2v) is 6.07. The van der Waals surface area contributed by atoms with Crippen molar-refractivity contribution in [2.45, 2.75) is 26.2 Å². The lowest BCUT2D eigenvalue weighted by Gasteiger charge is -2.05. The first kappa shape index (κ1) is 14.1. The van der Waals surface area contributed by atoms with Gasteiger partial charge in [-0.05, 0) is 42.7 Å². The quantitative estimate of drug-likeness (QED) is 0.826. The summed E-state index contributed by atoms with van der Waals surface area (Å²) in [5.74, 6) is -0.113. The first-order valence-electron chi connectivity index (χ1n) is 6.34. The summed E-state index contributed by atoms with van der Waals surface area (Å²) in [6.07, 6.45) is 3.47. The molecule has 1 aromatic heterocycles. The number of thiophene rings is 1. The molecule has 2 aromatic rings. The summed E-state index contributed by atoms with van der Waals surface area (Å²) < 4.78 is 0.625. The van der Waals surface area contributed by atoms with E-state index in [1.54, 1.807) is 12.1 Å². The van der Waals surface area contributed by atoms with E-state index in [-0.39, 0.29) is 5.91 Å². The Morgan fingerprint density at radius 2 is 1.95 bits per heavy atom. The molecule has 4 heteroatoms. The third kappa shape index (κ3) is 4.08. The second kappa shape index (κ2) is 6.73. The molecule has 1 N–H and O–H groups in total. The average Bonchev–Trinajstić information content (AvgIpc) is 2.85. The van der Waals surface area contributed by atoms with Gasteiger partial charge in [0.2, 0.25) is 0 Å². The van der Waals surface area contributed by atoms with Crippen LogP contribution in [0.25, 0.3) is 0 Å². The van der Waals surface area contributed by atoms with Gasteiger partial charge in [0.25, 0.3) is 5.91 Å². The summed E-state index contributed by atoms with van der Waals surface area (Å²) in [6.45, 7) is 2.18. The Morgan fingerprint density at radius 1 is 1.21 bits per heavy atom. The van der Waals surface area contributed by atoms with Gasteiger partial charge in [0, 0.05) is 5.69 Å². The van der Waals surface area contributed by atoms with Crippen molar-refractivity contribution in [3.8, 4) is 0 Å². The third-order valence-corrected chi connectivity index (χ3v) is 4.06. The van der Waals surface area contributed by atoms with Gasteiger partial charge >= 0.3 is 0 Å². The topological polar surface area (TPSA) is 29.1 Å².